The third kappa shape index (κ3) is 6.24. The van der Waals surface area contributed by atoms with Gasteiger partial charge in [-0.05, 0) is 36.5 Å². The number of hydrogen-bond acceptors (Lipinski definition) is 2. The molecule has 0 aliphatic rings. The smallest absolute Gasteiger partial charge is 0.229 e. The van der Waals surface area contributed by atoms with E-state index < -0.39 is 0 Å². The second-order valence-electron chi connectivity index (χ2n) is 5.82. The summed E-state index contributed by atoms with van der Waals surface area (Å²) in [5, 5.41) is 5.58. The van der Waals surface area contributed by atoms with Crippen LogP contribution in [-0.4, -0.2) is 18.4 Å². The number of rotatable bonds is 8. The largest absolute Gasteiger partial charge is 0.356 e. The fourth-order valence-corrected chi connectivity index (χ4v) is 2.44. The number of aryl methyl sites for hydroxylation is 2. The maximum atomic E-state index is 11.8. The van der Waals surface area contributed by atoms with Crippen molar-refractivity contribution in [2.45, 2.75) is 32.7 Å². The summed E-state index contributed by atoms with van der Waals surface area (Å²) in [5.41, 5.74) is 3.44. The molecule has 0 spiro atoms. The molecular formula is C20H24N2O2. The van der Waals surface area contributed by atoms with Crippen LogP contribution in [0.4, 0.5) is 0 Å². The van der Waals surface area contributed by atoms with E-state index in [0.717, 1.165) is 24.0 Å². The van der Waals surface area contributed by atoms with Crippen molar-refractivity contribution in [3.63, 3.8) is 0 Å². The number of hydrogen-bond donors (Lipinski definition) is 2. The summed E-state index contributed by atoms with van der Waals surface area (Å²) in [6, 6.07) is 18.0. The third-order valence-electron chi connectivity index (χ3n) is 3.87. The van der Waals surface area contributed by atoms with E-state index in [1.807, 2.05) is 49.4 Å². The molecule has 0 saturated heterocycles. The Morgan fingerprint density at radius 2 is 1.54 bits per heavy atom. The maximum Gasteiger partial charge on any atom is 0.229 e. The summed E-state index contributed by atoms with van der Waals surface area (Å²) >= 11 is 0. The van der Waals surface area contributed by atoms with Gasteiger partial charge in [-0.3, -0.25) is 9.59 Å². The second-order valence-corrected chi connectivity index (χ2v) is 5.82. The predicted octanol–water partition coefficient (Wildman–Crippen LogP) is 2.75. The lowest BCUT2D eigenvalue weighted by atomic mass is 10.1. The van der Waals surface area contributed by atoms with Crippen LogP contribution in [0.3, 0.4) is 0 Å². The van der Waals surface area contributed by atoms with E-state index in [4.69, 9.17) is 0 Å². The van der Waals surface area contributed by atoms with Crippen LogP contribution in [0, 0.1) is 6.92 Å². The molecule has 0 fully saturated rings. The van der Waals surface area contributed by atoms with Gasteiger partial charge in [-0.1, -0.05) is 54.6 Å². The molecule has 0 aromatic heterocycles. The Labute approximate surface area is 143 Å². The van der Waals surface area contributed by atoms with Crippen LogP contribution in [-0.2, 0) is 22.6 Å². The van der Waals surface area contributed by atoms with E-state index >= 15 is 0 Å². The van der Waals surface area contributed by atoms with Crippen molar-refractivity contribution >= 4 is 11.8 Å². The maximum absolute atomic E-state index is 11.8. The first-order valence-corrected chi connectivity index (χ1v) is 8.27. The van der Waals surface area contributed by atoms with Crippen LogP contribution < -0.4 is 10.6 Å². The lowest BCUT2D eigenvalue weighted by Crippen LogP contribution is -2.32. The molecule has 0 heterocycles. The molecule has 2 aromatic rings. The van der Waals surface area contributed by atoms with Gasteiger partial charge in [-0.2, -0.15) is 0 Å². The summed E-state index contributed by atoms with van der Waals surface area (Å²) in [5.74, 6) is -0.482. The van der Waals surface area contributed by atoms with Crippen molar-refractivity contribution in [2.75, 3.05) is 6.54 Å². The quantitative estimate of drug-likeness (QED) is 0.579. The molecule has 0 aliphatic heterocycles. The fourth-order valence-electron chi connectivity index (χ4n) is 2.44. The number of benzene rings is 2. The van der Waals surface area contributed by atoms with Crippen molar-refractivity contribution in [3.05, 3.63) is 71.3 Å². The first-order chi connectivity index (χ1) is 11.6. The first kappa shape index (κ1) is 17.7. The molecule has 4 nitrogen and oxygen atoms in total. The highest BCUT2D eigenvalue weighted by Crippen LogP contribution is 2.06. The molecule has 126 valence electrons. The van der Waals surface area contributed by atoms with E-state index in [9.17, 15) is 9.59 Å². The highest BCUT2D eigenvalue weighted by Gasteiger charge is 2.09. The number of carbonyl (C=O) groups excluding carboxylic acids is 2. The molecule has 2 aromatic carbocycles. The Morgan fingerprint density at radius 1 is 0.875 bits per heavy atom. The zero-order chi connectivity index (χ0) is 17.2. The van der Waals surface area contributed by atoms with Crippen LogP contribution in [0.2, 0.25) is 0 Å². The molecule has 0 saturated carbocycles. The molecule has 4 heteroatoms. The average Bonchev–Trinajstić information content (AvgIpc) is 2.59. The van der Waals surface area contributed by atoms with E-state index in [-0.39, 0.29) is 18.2 Å². The monoisotopic (exact) mass is 324 g/mol. The minimum Gasteiger partial charge on any atom is -0.356 e. The van der Waals surface area contributed by atoms with E-state index in [1.54, 1.807) is 0 Å². The summed E-state index contributed by atoms with van der Waals surface area (Å²) < 4.78 is 0. The number of amides is 2. The van der Waals surface area contributed by atoms with Gasteiger partial charge < -0.3 is 10.6 Å². The van der Waals surface area contributed by atoms with Gasteiger partial charge in [-0.15, -0.1) is 0 Å². The Hall–Kier alpha value is -2.62. The van der Waals surface area contributed by atoms with E-state index in [0.29, 0.717) is 13.1 Å². The van der Waals surface area contributed by atoms with Crippen molar-refractivity contribution in [1.82, 2.24) is 10.6 Å². The van der Waals surface area contributed by atoms with Crippen molar-refractivity contribution in [2.24, 2.45) is 0 Å². The average molecular weight is 324 g/mol. The van der Waals surface area contributed by atoms with Crippen LogP contribution in [0.5, 0.6) is 0 Å². The molecule has 0 unspecified atom stereocenters. The highest BCUT2D eigenvalue weighted by atomic mass is 16.2. The highest BCUT2D eigenvalue weighted by molar-refractivity contribution is 5.96. The Kier molecular flexibility index (Phi) is 7.02. The van der Waals surface area contributed by atoms with Crippen LogP contribution in [0.25, 0.3) is 0 Å². The lowest BCUT2D eigenvalue weighted by Gasteiger charge is -2.08. The minimum atomic E-state index is -0.251. The molecule has 0 radical (unpaired) electrons. The molecule has 0 bridgehead atoms. The van der Waals surface area contributed by atoms with Crippen molar-refractivity contribution < 1.29 is 9.59 Å². The number of carbonyl (C=O) groups is 2. The van der Waals surface area contributed by atoms with Crippen molar-refractivity contribution in [1.29, 1.82) is 0 Å². The molecule has 2 rings (SSSR count). The number of nitrogens with one attached hydrogen (secondary N) is 2. The van der Waals surface area contributed by atoms with E-state index in [1.165, 1.54) is 5.56 Å². The van der Waals surface area contributed by atoms with Gasteiger partial charge in [0.05, 0.1) is 0 Å². The minimum absolute atomic E-state index is 0.128. The second kappa shape index (κ2) is 9.50. The SMILES string of the molecule is Cc1ccccc1CNC(=O)CC(=O)NCCCc1ccccc1. The zero-order valence-electron chi connectivity index (χ0n) is 14.0. The van der Waals surface area contributed by atoms with Crippen molar-refractivity contribution in [3.8, 4) is 0 Å². The van der Waals surface area contributed by atoms with Gasteiger partial charge >= 0.3 is 0 Å². The van der Waals surface area contributed by atoms with Gasteiger partial charge in [0.15, 0.2) is 0 Å². The van der Waals surface area contributed by atoms with Crippen LogP contribution in [0.15, 0.2) is 54.6 Å². The van der Waals surface area contributed by atoms with Crippen LogP contribution >= 0.6 is 0 Å². The molecule has 2 N–H and O–H groups in total. The van der Waals surface area contributed by atoms with Gasteiger partial charge in [-0.25, -0.2) is 0 Å². The summed E-state index contributed by atoms with van der Waals surface area (Å²) in [6.07, 6.45) is 1.65. The lowest BCUT2D eigenvalue weighted by molar-refractivity contribution is -0.129. The third-order valence-corrected chi connectivity index (χ3v) is 3.87. The molecular weight excluding hydrogens is 300 g/mol. The Bertz CT molecular complexity index is 668. The molecule has 0 aliphatic carbocycles. The van der Waals surface area contributed by atoms with Gasteiger partial charge in [0.1, 0.15) is 6.42 Å². The zero-order valence-corrected chi connectivity index (χ0v) is 14.0. The first-order valence-electron chi connectivity index (χ1n) is 8.27. The van der Waals surface area contributed by atoms with Gasteiger partial charge in [0.2, 0.25) is 11.8 Å². The summed E-state index contributed by atoms with van der Waals surface area (Å²) in [6.45, 7) is 3.03. The molecule has 2 amide bonds. The Morgan fingerprint density at radius 3 is 2.29 bits per heavy atom. The predicted molar refractivity (Wildman–Crippen MR) is 95.4 cm³/mol. The topological polar surface area (TPSA) is 58.2 Å². The fraction of sp³-hybridized carbons (Fsp3) is 0.300. The van der Waals surface area contributed by atoms with Crippen LogP contribution in [0.1, 0.15) is 29.5 Å². The van der Waals surface area contributed by atoms with Gasteiger partial charge in [0, 0.05) is 13.1 Å². The normalized spacial score (nSPS) is 10.2. The molecule has 24 heavy (non-hydrogen) atoms. The van der Waals surface area contributed by atoms with E-state index in [2.05, 4.69) is 22.8 Å². The van der Waals surface area contributed by atoms with Gasteiger partial charge in [0.25, 0.3) is 0 Å². The molecule has 0 atom stereocenters. The summed E-state index contributed by atoms with van der Waals surface area (Å²) in [7, 11) is 0. The Balaban J connectivity index is 1.61. The summed E-state index contributed by atoms with van der Waals surface area (Å²) in [4.78, 5) is 23.6. The standard InChI is InChI=1S/C20H24N2O2/c1-16-8-5-6-12-18(16)15-22-20(24)14-19(23)21-13-7-11-17-9-3-2-4-10-17/h2-6,8-10,12H,7,11,13-15H2,1H3,(H,21,23)(H,22,24).